The molecule has 1 atom stereocenters. The molecule has 1 heterocycles. The van der Waals surface area contributed by atoms with Crippen molar-refractivity contribution in [3.05, 3.63) is 64.7 Å². The van der Waals surface area contributed by atoms with Gasteiger partial charge in [-0.25, -0.2) is 8.42 Å². The van der Waals surface area contributed by atoms with Gasteiger partial charge in [-0.15, -0.1) is 0 Å². The van der Waals surface area contributed by atoms with Crippen LogP contribution in [0.15, 0.2) is 47.4 Å². The lowest BCUT2D eigenvalue weighted by molar-refractivity contribution is 0.0935. The molecule has 0 bridgehead atoms. The second-order valence-electron chi connectivity index (χ2n) is 7.79. The molecule has 1 saturated heterocycles. The molecule has 0 spiro atoms. The number of nitrogens with one attached hydrogen (secondary N) is 1. The largest absolute Gasteiger partial charge is 0.345 e. The van der Waals surface area contributed by atoms with Crippen LogP contribution in [0, 0.1) is 13.8 Å². The molecule has 1 aliphatic heterocycles. The molecule has 6 heteroatoms. The average Bonchev–Trinajstić information content (AvgIpc) is 2.73. The summed E-state index contributed by atoms with van der Waals surface area (Å²) in [7, 11) is -3.59. The molecule has 29 heavy (non-hydrogen) atoms. The highest BCUT2D eigenvalue weighted by molar-refractivity contribution is 7.89. The molecule has 0 aromatic heterocycles. The number of nitrogens with zero attached hydrogens (tertiary/aromatic N) is 1. The molecule has 2 aromatic carbocycles. The van der Waals surface area contributed by atoms with Crippen LogP contribution in [0.2, 0.25) is 0 Å². The maximum Gasteiger partial charge on any atom is 0.251 e. The van der Waals surface area contributed by atoms with Gasteiger partial charge < -0.3 is 5.32 Å². The molecule has 1 amide bonds. The Labute approximate surface area is 174 Å². The Kier molecular flexibility index (Phi) is 6.75. The smallest absolute Gasteiger partial charge is 0.251 e. The van der Waals surface area contributed by atoms with Gasteiger partial charge in [0.25, 0.3) is 5.91 Å². The zero-order valence-corrected chi connectivity index (χ0v) is 18.3. The first-order valence-corrected chi connectivity index (χ1v) is 11.7. The van der Waals surface area contributed by atoms with E-state index in [1.54, 1.807) is 23.4 Å². The Hall–Kier alpha value is -2.18. The van der Waals surface area contributed by atoms with Gasteiger partial charge in [0.15, 0.2) is 0 Å². The van der Waals surface area contributed by atoms with Crippen molar-refractivity contribution >= 4 is 15.9 Å². The fraction of sp³-hybridized carbons (Fsp3) is 0.435. The highest BCUT2D eigenvalue weighted by Crippen LogP contribution is 2.25. The van der Waals surface area contributed by atoms with Crippen molar-refractivity contribution < 1.29 is 13.2 Å². The number of hydrogen-bond donors (Lipinski definition) is 1. The number of carbonyl (C=O) groups is 1. The van der Waals surface area contributed by atoms with Gasteiger partial charge in [0, 0.05) is 18.7 Å². The molecule has 3 rings (SSSR count). The van der Waals surface area contributed by atoms with Crippen LogP contribution in [0.1, 0.15) is 65.7 Å². The van der Waals surface area contributed by atoms with Crippen LogP contribution in [-0.2, 0) is 10.0 Å². The monoisotopic (exact) mass is 414 g/mol. The number of benzene rings is 2. The number of piperidine rings is 1. The first-order chi connectivity index (χ1) is 13.8. The van der Waals surface area contributed by atoms with Crippen molar-refractivity contribution in [1.29, 1.82) is 0 Å². The molecule has 156 valence electrons. The van der Waals surface area contributed by atoms with E-state index in [-0.39, 0.29) is 16.8 Å². The van der Waals surface area contributed by atoms with E-state index in [1.165, 1.54) is 11.6 Å². The SMILES string of the molecule is CC[C@H](NC(=O)c1ccc(C)c(S(=O)(=O)N2CCCCC2)c1)c1ccc(C)cc1. The van der Waals surface area contributed by atoms with E-state index in [0.717, 1.165) is 31.2 Å². The normalized spacial score (nSPS) is 16.4. The maximum absolute atomic E-state index is 13.1. The molecule has 2 aromatic rings. The number of aryl methyl sites for hydroxylation is 2. The summed E-state index contributed by atoms with van der Waals surface area (Å²) in [5.74, 6) is -0.257. The minimum absolute atomic E-state index is 0.119. The molecular weight excluding hydrogens is 384 g/mol. The number of sulfonamides is 1. The van der Waals surface area contributed by atoms with E-state index in [4.69, 9.17) is 0 Å². The molecule has 5 nitrogen and oxygen atoms in total. The van der Waals surface area contributed by atoms with Gasteiger partial charge in [-0.2, -0.15) is 4.31 Å². The van der Waals surface area contributed by atoms with Gasteiger partial charge in [-0.3, -0.25) is 4.79 Å². The fourth-order valence-electron chi connectivity index (χ4n) is 3.73. The third-order valence-electron chi connectivity index (χ3n) is 5.58. The zero-order valence-electron chi connectivity index (χ0n) is 17.4. The standard InChI is InChI=1S/C23H30N2O3S/c1-4-21(19-11-8-17(2)9-12-19)24-23(26)20-13-10-18(3)22(16-20)29(27,28)25-14-6-5-7-15-25/h8-13,16,21H,4-7,14-15H2,1-3H3,(H,24,26)/t21-/m0/s1. The lowest BCUT2D eigenvalue weighted by Gasteiger charge is -2.26. The summed E-state index contributed by atoms with van der Waals surface area (Å²) in [5, 5.41) is 3.05. The van der Waals surface area contributed by atoms with Crippen LogP contribution in [0.5, 0.6) is 0 Å². The Morgan fingerprint density at radius 3 is 2.31 bits per heavy atom. The van der Waals surface area contributed by atoms with Crippen molar-refractivity contribution in [3.8, 4) is 0 Å². The van der Waals surface area contributed by atoms with Gasteiger partial charge >= 0.3 is 0 Å². The summed E-state index contributed by atoms with van der Waals surface area (Å²) >= 11 is 0. The number of carbonyl (C=O) groups excluding carboxylic acids is 1. The summed E-state index contributed by atoms with van der Waals surface area (Å²) in [6.45, 7) is 6.92. The topological polar surface area (TPSA) is 66.5 Å². The van der Waals surface area contributed by atoms with Crippen molar-refractivity contribution in [3.63, 3.8) is 0 Å². The first kappa shape index (κ1) is 21.5. The van der Waals surface area contributed by atoms with Crippen molar-refractivity contribution in [2.75, 3.05) is 13.1 Å². The van der Waals surface area contributed by atoms with Crippen molar-refractivity contribution in [2.24, 2.45) is 0 Å². The van der Waals surface area contributed by atoms with Gasteiger partial charge in [-0.05, 0) is 56.4 Å². The van der Waals surface area contributed by atoms with Gasteiger partial charge in [0.05, 0.1) is 10.9 Å². The Morgan fingerprint density at radius 1 is 1.03 bits per heavy atom. The van der Waals surface area contributed by atoms with E-state index < -0.39 is 10.0 Å². The Morgan fingerprint density at radius 2 is 1.69 bits per heavy atom. The van der Waals surface area contributed by atoms with E-state index in [0.29, 0.717) is 24.2 Å². The predicted molar refractivity (Wildman–Crippen MR) is 115 cm³/mol. The highest BCUT2D eigenvalue weighted by Gasteiger charge is 2.28. The van der Waals surface area contributed by atoms with Crippen LogP contribution in [0.4, 0.5) is 0 Å². The number of rotatable bonds is 6. The Balaban J connectivity index is 1.84. The first-order valence-electron chi connectivity index (χ1n) is 10.3. The second kappa shape index (κ2) is 9.09. The number of amides is 1. The van der Waals surface area contributed by atoms with E-state index in [1.807, 2.05) is 38.1 Å². The summed E-state index contributed by atoms with van der Waals surface area (Å²) in [6, 6.07) is 12.9. The fourth-order valence-corrected chi connectivity index (χ4v) is 5.49. The summed E-state index contributed by atoms with van der Waals surface area (Å²) < 4.78 is 27.8. The van der Waals surface area contributed by atoms with Crippen LogP contribution >= 0.6 is 0 Å². The molecule has 1 fully saturated rings. The molecule has 1 aliphatic rings. The third-order valence-corrected chi connectivity index (χ3v) is 7.62. The van der Waals surface area contributed by atoms with Crippen LogP contribution in [0.3, 0.4) is 0 Å². The second-order valence-corrected chi connectivity index (χ2v) is 9.70. The van der Waals surface area contributed by atoms with E-state index in [9.17, 15) is 13.2 Å². The van der Waals surface area contributed by atoms with Gasteiger partial charge in [0.1, 0.15) is 0 Å². The van der Waals surface area contributed by atoms with Crippen molar-refractivity contribution in [2.45, 2.75) is 57.4 Å². The van der Waals surface area contributed by atoms with Crippen molar-refractivity contribution in [1.82, 2.24) is 9.62 Å². The van der Waals surface area contributed by atoms with Gasteiger partial charge in [0.2, 0.25) is 10.0 Å². The maximum atomic E-state index is 13.1. The predicted octanol–water partition coefficient (Wildman–Crippen LogP) is 4.36. The minimum Gasteiger partial charge on any atom is -0.345 e. The Bertz CT molecular complexity index is 962. The van der Waals surface area contributed by atoms with Crippen LogP contribution in [0.25, 0.3) is 0 Å². The molecule has 0 radical (unpaired) electrons. The van der Waals surface area contributed by atoms with Crippen LogP contribution < -0.4 is 5.32 Å². The quantitative estimate of drug-likeness (QED) is 0.764. The lowest BCUT2D eigenvalue weighted by atomic mass is 10.0. The molecule has 1 N–H and O–H groups in total. The average molecular weight is 415 g/mol. The minimum atomic E-state index is -3.59. The summed E-state index contributed by atoms with van der Waals surface area (Å²) in [5.41, 5.74) is 3.25. The molecule has 0 saturated carbocycles. The summed E-state index contributed by atoms with van der Waals surface area (Å²) in [6.07, 6.45) is 3.57. The molecule has 0 aliphatic carbocycles. The van der Waals surface area contributed by atoms with E-state index in [2.05, 4.69) is 5.32 Å². The van der Waals surface area contributed by atoms with Crippen LogP contribution in [-0.4, -0.2) is 31.7 Å². The third kappa shape index (κ3) is 4.87. The van der Waals surface area contributed by atoms with E-state index >= 15 is 0 Å². The van der Waals surface area contributed by atoms with Gasteiger partial charge in [-0.1, -0.05) is 49.2 Å². The molecule has 0 unspecified atom stereocenters. The summed E-state index contributed by atoms with van der Waals surface area (Å²) in [4.78, 5) is 13.1. The zero-order chi connectivity index (χ0) is 21.0. The number of hydrogen-bond acceptors (Lipinski definition) is 3. The highest BCUT2D eigenvalue weighted by atomic mass is 32.2. The lowest BCUT2D eigenvalue weighted by Crippen LogP contribution is -2.36. The molecular formula is C23H30N2O3S.